The van der Waals surface area contributed by atoms with E-state index < -0.39 is 0 Å². The molecule has 2 aliphatic rings. The second kappa shape index (κ2) is 5.28. The van der Waals surface area contributed by atoms with Gasteiger partial charge >= 0.3 is 0 Å². The van der Waals surface area contributed by atoms with Gasteiger partial charge in [0.25, 0.3) is 0 Å². The number of nitrogens with two attached hydrogens (primary N) is 1. The molecule has 0 aromatic heterocycles. The van der Waals surface area contributed by atoms with Crippen molar-refractivity contribution < 1.29 is 4.74 Å². The molecule has 88 valence electrons. The molecule has 1 saturated carbocycles. The third-order valence-electron chi connectivity index (χ3n) is 3.77. The lowest BCUT2D eigenvalue weighted by molar-refractivity contribution is -0.0787. The first-order valence-corrected chi connectivity index (χ1v) is 6.44. The molecule has 1 heterocycles. The van der Waals surface area contributed by atoms with Crippen molar-refractivity contribution in [2.24, 2.45) is 5.73 Å². The van der Waals surface area contributed by atoms with Crippen LogP contribution >= 0.6 is 0 Å². The average molecular weight is 212 g/mol. The molecule has 0 aromatic carbocycles. The summed E-state index contributed by atoms with van der Waals surface area (Å²) >= 11 is 0. The maximum Gasteiger partial charge on any atom is 0.0760 e. The Bertz CT molecular complexity index is 188. The zero-order valence-corrected chi connectivity index (χ0v) is 9.82. The van der Waals surface area contributed by atoms with Gasteiger partial charge in [0.05, 0.1) is 12.1 Å². The summed E-state index contributed by atoms with van der Waals surface area (Å²) in [5, 5.41) is 0. The minimum atomic E-state index is 0.347. The van der Waals surface area contributed by atoms with Crippen LogP contribution in [0.5, 0.6) is 0 Å². The van der Waals surface area contributed by atoms with Gasteiger partial charge in [-0.3, -0.25) is 4.90 Å². The van der Waals surface area contributed by atoms with Gasteiger partial charge in [-0.15, -0.1) is 0 Å². The van der Waals surface area contributed by atoms with Crippen molar-refractivity contribution in [3.63, 3.8) is 0 Å². The van der Waals surface area contributed by atoms with Crippen LogP contribution in [-0.4, -0.2) is 42.8 Å². The normalized spacial score (nSPS) is 38.4. The molecule has 2 N–H and O–H groups in total. The van der Waals surface area contributed by atoms with Gasteiger partial charge in [0, 0.05) is 12.6 Å². The molecule has 3 unspecified atom stereocenters. The maximum absolute atomic E-state index is 6.10. The van der Waals surface area contributed by atoms with E-state index >= 15 is 0 Å². The maximum atomic E-state index is 6.10. The predicted octanol–water partition coefficient (Wildman–Crippen LogP) is 1.37. The van der Waals surface area contributed by atoms with E-state index in [-0.39, 0.29) is 0 Å². The Morgan fingerprint density at radius 3 is 2.40 bits per heavy atom. The first kappa shape index (κ1) is 11.4. The minimum Gasteiger partial charge on any atom is -0.377 e. The van der Waals surface area contributed by atoms with Crippen LogP contribution < -0.4 is 5.73 Å². The van der Waals surface area contributed by atoms with Crippen LogP contribution in [0.4, 0.5) is 0 Å². The number of hydrogen-bond acceptors (Lipinski definition) is 3. The van der Waals surface area contributed by atoms with Gasteiger partial charge in [0.15, 0.2) is 0 Å². The summed E-state index contributed by atoms with van der Waals surface area (Å²) in [5.74, 6) is 0. The van der Waals surface area contributed by atoms with E-state index in [4.69, 9.17) is 10.5 Å². The van der Waals surface area contributed by atoms with Crippen molar-refractivity contribution in [3.05, 3.63) is 0 Å². The first-order valence-electron chi connectivity index (χ1n) is 6.44. The third kappa shape index (κ3) is 2.52. The van der Waals surface area contributed by atoms with Crippen LogP contribution in [-0.2, 0) is 4.74 Å². The van der Waals surface area contributed by atoms with Crippen molar-refractivity contribution in [2.45, 2.75) is 57.2 Å². The highest BCUT2D eigenvalue weighted by atomic mass is 16.5. The fourth-order valence-corrected chi connectivity index (χ4v) is 2.91. The molecule has 1 saturated heterocycles. The van der Waals surface area contributed by atoms with E-state index in [1.54, 1.807) is 0 Å². The monoisotopic (exact) mass is 212 g/mol. The molecule has 2 fully saturated rings. The highest BCUT2D eigenvalue weighted by Gasteiger charge is 2.42. The molecule has 1 aliphatic heterocycles. The smallest absolute Gasteiger partial charge is 0.0760 e. The average Bonchev–Trinajstić information content (AvgIpc) is 2.46. The summed E-state index contributed by atoms with van der Waals surface area (Å²) in [4.78, 5) is 2.57. The molecule has 0 amide bonds. The molecule has 3 atom stereocenters. The van der Waals surface area contributed by atoms with Crippen LogP contribution in [0.3, 0.4) is 0 Å². The topological polar surface area (TPSA) is 38.5 Å². The summed E-state index contributed by atoms with van der Waals surface area (Å²) in [6, 6.07) is 0.850. The number of nitrogens with zero attached hydrogens (tertiary/aromatic N) is 1. The number of hydrogen-bond donors (Lipinski definition) is 1. The lowest BCUT2D eigenvalue weighted by Gasteiger charge is -2.48. The third-order valence-corrected chi connectivity index (χ3v) is 3.77. The van der Waals surface area contributed by atoms with Crippen LogP contribution in [0.15, 0.2) is 0 Å². The molecule has 3 heteroatoms. The van der Waals surface area contributed by atoms with Gasteiger partial charge in [-0.1, -0.05) is 12.8 Å². The molecular formula is C12H24N2O. The van der Waals surface area contributed by atoms with Gasteiger partial charge < -0.3 is 10.5 Å². The predicted molar refractivity (Wildman–Crippen MR) is 61.8 cm³/mol. The molecular weight excluding hydrogens is 188 g/mol. The summed E-state index contributed by atoms with van der Waals surface area (Å²) < 4.78 is 5.73. The molecule has 1 aliphatic carbocycles. The van der Waals surface area contributed by atoms with Gasteiger partial charge in [-0.2, -0.15) is 0 Å². The SMILES string of the molecule is CCOC1CC(N)C1N1CCCCCC1. The van der Waals surface area contributed by atoms with Crippen LogP contribution in [0.1, 0.15) is 39.0 Å². The lowest BCUT2D eigenvalue weighted by atomic mass is 9.82. The quantitative estimate of drug-likeness (QED) is 0.768. The Hall–Kier alpha value is -0.120. The fraction of sp³-hybridized carbons (Fsp3) is 1.00. The second-order valence-corrected chi connectivity index (χ2v) is 4.83. The fourth-order valence-electron chi connectivity index (χ4n) is 2.91. The highest BCUT2D eigenvalue weighted by Crippen LogP contribution is 2.29. The Morgan fingerprint density at radius 1 is 1.20 bits per heavy atom. The van der Waals surface area contributed by atoms with E-state index in [9.17, 15) is 0 Å². The number of rotatable bonds is 3. The van der Waals surface area contributed by atoms with Gasteiger partial charge in [-0.25, -0.2) is 0 Å². The standard InChI is InChI=1S/C12H24N2O/c1-2-15-11-9-10(13)12(11)14-7-5-3-4-6-8-14/h10-12H,2-9,13H2,1H3. The van der Waals surface area contributed by atoms with Crippen molar-refractivity contribution in [2.75, 3.05) is 19.7 Å². The van der Waals surface area contributed by atoms with Crippen molar-refractivity contribution >= 4 is 0 Å². The van der Waals surface area contributed by atoms with Crippen LogP contribution in [0.2, 0.25) is 0 Å². The Kier molecular flexibility index (Phi) is 4.00. The summed E-state index contributed by atoms with van der Waals surface area (Å²) in [6.45, 7) is 5.34. The Morgan fingerprint density at radius 2 is 1.87 bits per heavy atom. The Labute approximate surface area is 93.0 Å². The summed E-state index contributed by atoms with van der Waals surface area (Å²) in [6.07, 6.45) is 6.90. The van der Waals surface area contributed by atoms with Crippen LogP contribution in [0.25, 0.3) is 0 Å². The molecule has 0 spiro atoms. The molecule has 0 radical (unpaired) electrons. The van der Waals surface area contributed by atoms with E-state index in [0.29, 0.717) is 18.2 Å². The minimum absolute atomic E-state index is 0.347. The van der Waals surface area contributed by atoms with E-state index in [1.807, 2.05) is 0 Å². The molecule has 3 nitrogen and oxygen atoms in total. The van der Waals surface area contributed by atoms with E-state index in [0.717, 1.165) is 13.0 Å². The van der Waals surface area contributed by atoms with Gasteiger partial charge in [0.1, 0.15) is 0 Å². The number of likely N-dealkylation sites (tertiary alicyclic amines) is 1. The van der Waals surface area contributed by atoms with E-state index in [2.05, 4.69) is 11.8 Å². The largest absolute Gasteiger partial charge is 0.377 e. The summed E-state index contributed by atoms with van der Waals surface area (Å²) in [7, 11) is 0. The van der Waals surface area contributed by atoms with Crippen LogP contribution in [0, 0.1) is 0 Å². The van der Waals surface area contributed by atoms with Gasteiger partial charge in [-0.05, 0) is 39.3 Å². The molecule has 15 heavy (non-hydrogen) atoms. The first-order chi connectivity index (χ1) is 7.33. The van der Waals surface area contributed by atoms with Gasteiger partial charge in [0.2, 0.25) is 0 Å². The molecule has 2 rings (SSSR count). The zero-order valence-electron chi connectivity index (χ0n) is 9.82. The zero-order chi connectivity index (χ0) is 10.7. The summed E-state index contributed by atoms with van der Waals surface area (Å²) in [5.41, 5.74) is 6.10. The Balaban J connectivity index is 1.88. The highest BCUT2D eigenvalue weighted by molar-refractivity contribution is 5.00. The van der Waals surface area contributed by atoms with Crippen molar-refractivity contribution in [1.29, 1.82) is 0 Å². The van der Waals surface area contributed by atoms with Crippen molar-refractivity contribution in [3.8, 4) is 0 Å². The second-order valence-electron chi connectivity index (χ2n) is 4.83. The molecule has 0 aromatic rings. The van der Waals surface area contributed by atoms with Crippen molar-refractivity contribution in [1.82, 2.24) is 4.90 Å². The molecule has 0 bridgehead atoms. The lowest BCUT2D eigenvalue weighted by Crippen LogP contribution is -2.64. The number of ether oxygens (including phenoxy) is 1. The van der Waals surface area contributed by atoms with E-state index in [1.165, 1.54) is 38.8 Å².